The first-order valence-corrected chi connectivity index (χ1v) is 6.41. The van der Waals surface area contributed by atoms with Crippen LogP contribution in [0, 0.1) is 6.92 Å². The van der Waals surface area contributed by atoms with Crippen LogP contribution in [0.3, 0.4) is 0 Å². The number of nitrogens with zero attached hydrogens (tertiary/aromatic N) is 3. The van der Waals surface area contributed by atoms with Crippen LogP contribution in [-0.2, 0) is 4.79 Å². The summed E-state index contributed by atoms with van der Waals surface area (Å²) >= 11 is 0. The van der Waals surface area contributed by atoms with Crippen molar-refractivity contribution < 1.29 is 4.79 Å². The van der Waals surface area contributed by atoms with E-state index >= 15 is 0 Å². The van der Waals surface area contributed by atoms with E-state index in [0.29, 0.717) is 22.5 Å². The molecular formula is C13H14N6O2. The summed E-state index contributed by atoms with van der Waals surface area (Å²) < 4.78 is 1.60. The number of carbonyl (C=O) groups excluding carboxylic acids is 1. The number of aromatic nitrogens is 5. The fourth-order valence-electron chi connectivity index (χ4n) is 2.54. The van der Waals surface area contributed by atoms with E-state index in [-0.39, 0.29) is 12.0 Å². The number of aromatic amines is 2. The summed E-state index contributed by atoms with van der Waals surface area (Å²) in [4.78, 5) is 27.7. The van der Waals surface area contributed by atoms with Crippen molar-refractivity contribution in [1.29, 1.82) is 0 Å². The van der Waals surface area contributed by atoms with Gasteiger partial charge in [0.25, 0.3) is 5.56 Å². The molecule has 3 aromatic rings. The maximum Gasteiger partial charge on any atom is 0.267 e. The molecule has 0 aromatic carbocycles. The van der Waals surface area contributed by atoms with Crippen molar-refractivity contribution >= 4 is 11.6 Å². The standard InChI is InChI=1S/C13H14N6O2/c1-7-11(13(21)18-17-7)8(5-10(14)20)9-6-16-19-4-2-3-15-12(9)19/h2-4,6,8H,5H2,1H3,(H2,14,20)(H2,17,18,21)/t8-/m0/s1. The van der Waals surface area contributed by atoms with Crippen LogP contribution in [0.5, 0.6) is 0 Å². The lowest BCUT2D eigenvalue weighted by molar-refractivity contribution is -0.118. The number of fused-ring (bicyclic) bond motifs is 1. The number of hydrogen-bond donors (Lipinski definition) is 3. The second kappa shape index (κ2) is 4.89. The molecule has 0 saturated heterocycles. The number of hydrogen-bond acceptors (Lipinski definition) is 4. The summed E-state index contributed by atoms with van der Waals surface area (Å²) in [7, 11) is 0. The Bertz CT molecular complexity index is 859. The van der Waals surface area contributed by atoms with Crippen LogP contribution in [0.4, 0.5) is 0 Å². The number of carbonyl (C=O) groups is 1. The molecule has 0 spiro atoms. The lowest BCUT2D eigenvalue weighted by Gasteiger charge is -2.12. The minimum Gasteiger partial charge on any atom is -0.370 e. The van der Waals surface area contributed by atoms with Crippen molar-refractivity contribution in [2.45, 2.75) is 19.3 Å². The highest BCUT2D eigenvalue weighted by molar-refractivity contribution is 5.76. The van der Waals surface area contributed by atoms with Gasteiger partial charge in [0.1, 0.15) is 0 Å². The van der Waals surface area contributed by atoms with Crippen molar-refractivity contribution in [1.82, 2.24) is 24.8 Å². The molecule has 0 bridgehead atoms. The molecule has 1 amide bonds. The van der Waals surface area contributed by atoms with Crippen LogP contribution in [0.1, 0.15) is 29.2 Å². The van der Waals surface area contributed by atoms with Crippen LogP contribution in [0.25, 0.3) is 5.65 Å². The molecule has 0 fully saturated rings. The Morgan fingerprint density at radius 2 is 2.29 bits per heavy atom. The summed E-state index contributed by atoms with van der Waals surface area (Å²) in [5.41, 5.74) is 7.52. The minimum atomic E-state index is -0.490. The summed E-state index contributed by atoms with van der Waals surface area (Å²) in [5, 5.41) is 9.48. The summed E-state index contributed by atoms with van der Waals surface area (Å²) in [6.07, 6.45) is 5.01. The number of amides is 1. The minimum absolute atomic E-state index is 0.0136. The average Bonchev–Trinajstić information content (AvgIpc) is 3.01. The van der Waals surface area contributed by atoms with E-state index in [0.717, 1.165) is 0 Å². The second-order valence-electron chi connectivity index (χ2n) is 4.83. The SMILES string of the molecule is Cc1[nH][nH]c(=O)c1[C@@H](CC(N)=O)c1cnn2cccnc12. The Kier molecular flexibility index (Phi) is 3.05. The summed E-state index contributed by atoms with van der Waals surface area (Å²) in [6.45, 7) is 1.76. The summed E-state index contributed by atoms with van der Waals surface area (Å²) in [6, 6.07) is 1.75. The predicted molar refractivity (Wildman–Crippen MR) is 74.8 cm³/mol. The first-order chi connectivity index (χ1) is 10.1. The van der Waals surface area contributed by atoms with E-state index in [2.05, 4.69) is 20.3 Å². The zero-order chi connectivity index (χ0) is 15.0. The monoisotopic (exact) mass is 286 g/mol. The highest BCUT2D eigenvalue weighted by Gasteiger charge is 2.26. The maximum atomic E-state index is 12.0. The van der Waals surface area contributed by atoms with Crippen LogP contribution in [0.15, 0.2) is 29.5 Å². The van der Waals surface area contributed by atoms with E-state index in [4.69, 9.17) is 5.73 Å². The highest BCUT2D eigenvalue weighted by atomic mass is 16.1. The van der Waals surface area contributed by atoms with E-state index in [1.165, 1.54) is 0 Å². The van der Waals surface area contributed by atoms with Gasteiger partial charge in [-0.1, -0.05) is 0 Å². The van der Waals surface area contributed by atoms with Crippen molar-refractivity contribution in [2.75, 3.05) is 0 Å². The third-order valence-electron chi connectivity index (χ3n) is 3.45. The molecule has 0 aliphatic heterocycles. The second-order valence-corrected chi connectivity index (χ2v) is 4.83. The number of rotatable bonds is 4. The van der Waals surface area contributed by atoms with Gasteiger partial charge >= 0.3 is 0 Å². The Hall–Kier alpha value is -2.90. The predicted octanol–water partition coefficient (Wildman–Crippen LogP) is 0.0614. The van der Waals surface area contributed by atoms with Gasteiger partial charge in [-0.3, -0.25) is 14.7 Å². The first kappa shape index (κ1) is 13.1. The normalized spacial score (nSPS) is 12.6. The van der Waals surface area contributed by atoms with Gasteiger partial charge in [0.15, 0.2) is 5.65 Å². The summed E-state index contributed by atoms with van der Waals surface area (Å²) in [5.74, 6) is -0.972. The van der Waals surface area contributed by atoms with Gasteiger partial charge in [0, 0.05) is 41.6 Å². The van der Waals surface area contributed by atoms with E-state index < -0.39 is 11.8 Å². The molecule has 4 N–H and O–H groups in total. The van der Waals surface area contributed by atoms with Gasteiger partial charge in [-0.05, 0) is 13.0 Å². The lowest BCUT2D eigenvalue weighted by Crippen LogP contribution is -2.20. The smallest absolute Gasteiger partial charge is 0.267 e. The van der Waals surface area contributed by atoms with Gasteiger partial charge in [-0.25, -0.2) is 9.50 Å². The Morgan fingerprint density at radius 1 is 1.48 bits per heavy atom. The molecule has 3 heterocycles. The molecule has 0 radical (unpaired) electrons. The Labute approximate surface area is 119 Å². The highest BCUT2D eigenvalue weighted by Crippen LogP contribution is 2.29. The lowest BCUT2D eigenvalue weighted by atomic mass is 9.90. The first-order valence-electron chi connectivity index (χ1n) is 6.41. The number of H-pyrrole nitrogens is 2. The Morgan fingerprint density at radius 3 is 2.95 bits per heavy atom. The molecule has 3 aromatic heterocycles. The Balaban J connectivity index is 2.21. The number of nitrogens with one attached hydrogen (secondary N) is 2. The van der Waals surface area contributed by atoms with Gasteiger partial charge in [0.05, 0.1) is 6.20 Å². The van der Waals surface area contributed by atoms with E-state index in [9.17, 15) is 9.59 Å². The quantitative estimate of drug-likeness (QED) is 0.627. The fourth-order valence-corrected chi connectivity index (χ4v) is 2.54. The van der Waals surface area contributed by atoms with Gasteiger partial charge in [-0.15, -0.1) is 0 Å². The molecule has 0 aliphatic carbocycles. The fraction of sp³-hybridized carbons (Fsp3) is 0.231. The van der Waals surface area contributed by atoms with Crippen molar-refractivity contribution in [3.05, 3.63) is 51.8 Å². The van der Waals surface area contributed by atoms with Crippen LogP contribution in [0.2, 0.25) is 0 Å². The topological polar surface area (TPSA) is 122 Å². The molecule has 21 heavy (non-hydrogen) atoms. The van der Waals surface area contributed by atoms with Crippen molar-refractivity contribution in [3.8, 4) is 0 Å². The van der Waals surface area contributed by atoms with E-state index in [1.807, 2.05) is 0 Å². The average molecular weight is 286 g/mol. The van der Waals surface area contributed by atoms with E-state index in [1.54, 1.807) is 36.1 Å². The largest absolute Gasteiger partial charge is 0.370 e. The molecule has 108 valence electrons. The molecule has 8 nitrogen and oxygen atoms in total. The van der Waals surface area contributed by atoms with Gasteiger partial charge in [0.2, 0.25) is 5.91 Å². The molecular weight excluding hydrogens is 272 g/mol. The number of nitrogens with two attached hydrogens (primary N) is 1. The molecule has 0 unspecified atom stereocenters. The molecule has 1 atom stereocenters. The zero-order valence-electron chi connectivity index (χ0n) is 11.3. The molecule has 0 aliphatic rings. The van der Waals surface area contributed by atoms with Crippen LogP contribution < -0.4 is 11.3 Å². The molecule has 3 rings (SSSR count). The van der Waals surface area contributed by atoms with Crippen LogP contribution >= 0.6 is 0 Å². The van der Waals surface area contributed by atoms with Crippen molar-refractivity contribution in [2.24, 2.45) is 5.73 Å². The number of primary amides is 1. The maximum absolute atomic E-state index is 12.0. The van der Waals surface area contributed by atoms with Crippen molar-refractivity contribution in [3.63, 3.8) is 0 Å². The van der Waals surface area contributed by atoms with Crippen LogP contribution in [-0.4, -0.2) is 30.7 Å². The van der Waals surface area contributed by atoms with Gasteiger partial charge in [-0.2, -0.15) is 5.10 Å². The third kappa shape index (κ3) is 2.20. The van der Waals surface area contributed by atoms with Gasteiger partial charge < -0.3 is 10.8 Å². The molecule has 0 saturated carbocycles. The number of aryl methyl sites for hydroxylation is 1. The third-order valence-corrected chi connectivity index (χ3v) is 3.45. The molecule has 8 heteroatoms. The zero-order valence-corrected chi connectivity index (χ0v) is 11.3.